The van der Waals surface area contributed by atoms with E-state index in [2.05, 4.69) is 15.6 Å². The second-order valence-corrected chi connectivity index (χ2v) is 4.32. The van der Waals surface area contributed by atoms with E-state index < -0.39 is 0 Å². The Morgan fingerprint density at radius 2 is 2.38 bits per heavy atom. The minimum atomic E-state index is 0.0261. The Kier molecular flexibility index (Phi) is 3.48. The molecule has 0 unspecified atom stereocenters. The number of nitrogens with zero attached hydrogens (tertiary/aromatic N) is 1. The molecular weight excluding hydrogens is 222 g/mol. The van der Waals surface area contributed by atoms with Crippen LogP contribution in [0, 0.1) is 0 Å². The van der Waals surface area contributed by atoms with Gasteiger partial charge in [0.15, 0.2) is 0 Å². The molecule has 4 nitrogen and oxygen atoms in total. The SMILES string of the molecule is CNCCC(=O)Nc1ccc2ncsc2c1. The standard InChI is InChI=1S/C11H13N3OS/c1-12-5-4-11(15)14-8-2-3-9-10(6-8)16-7-13-9/h2-3,6-7,12H,4-5H2,1H3,(H,14,15). The average Bonchev–Trinajstić information content (AvgIpc) is 2.73. The summed E-state index contributed by atoms with van der Waals surface area (Å²) in [5.41, 5.74) is 3.60. The summed E-state index contributed by atoms with van der Waals surface area (Å²) in [4.78, 5) is 15.7. The summed E-state index contributed by atoms with van der Waals surface area (Å²) in [5, 5.41) is 5.80. The molecule has 0 aliphatic carbocycles. The largest absolute Gasteiger partial charge is 0.326 e. The number of benzene rings is 1. The highest BCUT2D eigenvalue weighted by Gasteiger charge is 2.03. The van der Waals surface area contributed by atoms with Crippen molar-refractivity contribution in [2.75, 3.05) is 18.9 Å². The van der Waals surface area contributed by atoms with Gasteiger partial charge in [0.05, 0.1) is 15.7 Å². The topological polar surface area (TPSA) is 54.0 Å². The van der Waals surface area contributed by atoms with Crippen LogP contribution < -0.4 is 10.6 Å². The summed E-state index contributed by atoms with van der Waals surface area (Å²) >= 11 is 1.57. The molecule has 0 fully saturated rings. The molecule has 0 spiro atoms. The lowest BCUT2D eigenvalue weighted by atomic mass is 10.3. The Hall–Kier alpha value is -1.46. The van der Waals surface area contributed by atoms with Crippen LogP contribution in [0.4, 0.5) is 5.69 Å². The number of aromatic nitrogens is 1. The molecule has 2 N–H and O–H groups in total. The molecule has 0 bridgehead atoms. The van der Waals surface area contributed by atoms with Crippen molar-refractivity contribution in [1.82, 2.24) is 10.3 Å². The van der Waals surface area contributed by atoms with E-state index in [-0.39, 0.29) is 5.91 Å². The van der Waals surface area contributed by atoms with Crippen LogP contribution in [0.25, 0.3) is 10.2 Å². The normalized spacial score (nSPS) is 10.6. The third kappa shape index (κ3) is 2.56. The van der Waals surface area contributed by atoms with Crippen molar-refractivity contribution in [3.05, 3.63) is 23.7 Å². The van der Waals surface area contributed by atoms with Gasteiger partial charge in [0.25, 0.3) is 0 Å². The Morgan fingerprint density at radius 1 is 1.50 bits per heavy atom. The predicted octanol–water partition coefficient (Wildman–Crippen LogP) is 1.84. The van der Waals surface area contributed by atoms with E-state index in [4.69, 9.17) is 0 Å². The molecule has 16 heavy (non-hydrogen) atoms. The van der Waals surface area contributed by atoms with Gasteiger partial charge in [0, 0.05) is 18.7 Å². The van der Waals surface area contributed by atoms with E-state index in [0.29, 0.717) is 13.0 Å². The van der Waals surface area contributed by atoms with Crippen molar-refractivity contribution in [3.8, 4) is 0 Å². The fourth-order valence-corrected chi connectivity index (χ4v) is 2.11. The number of nitrogens with one attached hydrogen (secondary N) is 2. The summed E-state index contributed by atoms with van der Waals surface area (Å²) < 4.78 is 1.09. The van der Waals surface area contributed by atoms with E-state index in [1.54, 1.807) is 16.8 Å². The minimum absolute atomic E-state index is 0.0261. The van der Waals surface area contributed by atoms with E-state index in [0.717, 1.165) is 15.9 Å². The van der Waals surface area contributed by atoms with Crippen LogP contribution in [0.3, 0.4) is 0 Å². The summed E-state index contributed by atoms with van der Waals surface area (Å²) in [6, 6.07) is 5.74. The van der Waals surface area contributed by atoms with Crippen LogP contribution in [0.1, 0.15) is 6.42 Å². The molecule has 0 aliphatic heterocycles. The zero-order chi connectivity index (χ0) is 11.4. The quantitative estimate of drug-likeness (QED) is 0.850. The van der Waals surface area contributed by atoms with Crippen molar-refractivity contribution in [2.24, 2.45) is 0 Å². The van der Waals surface area contributed by atoms with E-state index in [9.17, 15) is 4.79 Å². The predicted molar refractivity (Wildman–Crippen MR) is 66.8 cm³/mol. The molecule has 0 radical (unpaired) electrons. The van der Waals surface area contributed by atoms with Gasteiger partial charge in [-0.1, -0.05) is 0 Å². The number of thiazole rings is 1. The molecule has 0 saturated carbocycles. The van der Waals surface area contributed by atoms with Gasteiger partial charge in [-0.15, -0.1) is 11.3 Å². The van der Waals surface area contributed by atoms with E-state index in [1.807, 2.05) is 25.2 Å². The molecule has 1 aromatic heterocycles. The van der Waals surface area contributed by atoms with Crippen molar-refractivity contribution in [1.29, 1.82) is 0 Å². The molecule has 0 saturated heterocycles. The monoisotopic (exact) mass is 235 g/mol. The minimum Gasteiger partial charge on any atom is -0.326 e. The molecule has 84 valence electrons. The van der Waals surface area contributed by atoms with E-state index in [1.165, 1.54) is 0 Å². The first-order valence-electron chi connectivity index (χ1n) is 5.07. The van der Waals surface area contributed by atoms with Crippen LogP contribution in [-0.2, 0) is 4.79 Å². The first-order chi connectivity index (χ1) is 7.79. The second kappa shape index (κ2) is 5.05. The maximum Gasteiger partial charge on any atom is 0.225 e. The molecule has 2 rings (SSSR count). The fraction of sp³-hybridized carbons (Fsp3) is 0.273. The summed E-state index contributed by atoms with van der Waals surface area (Å²) in [6.07, 6.45) is 0.483. The van der Waals surface area contributed by atoms with Crippen LogP contribution in [0.2, 0.25) is 0 Å². The fourth-order valence-electron chi connectivity index (χ4n) is 1.39. The molecule has 0 aliphatic rings. The summed E-state index contributed by atoms with van der Waals surface area (Å²) in [7, 11) is 1.83. The van der Waals surface area contributed by atoms with Crippen LogP contribution in [-0.4, -0.2) is 24.5 Å². The van der Waals surface area contributed by atoms with Gasteiger partial charge in [-0.05, 0) is 25.2 Å². The third-order valence-electron chi connectivity index (χ3n) is 2.22. The van der Waals surface area contributed by atoms with Gasteiger partial charge < -0.3 is 10.6 Å². The number of fused-ring (bicyclic) bond motifs is 1. The summed E-state index contributed by atoms with van der Waals surface area (Å²) in [5.74, 6) is 0.0261. The van der Waals surface area contributed by atoms with Gasteiger partial charge >= 0.3 is 0 Å². The highest BCUT2D eigenvalue weighted by atomic mass is 32.1. The first kappa shape index (κ1) is 11.0. The second-order valence-electron chi connectivity index (χ2n) is 3.44. The van der Waals surface area contributed by atoms with Crippen LogP contribution >= 0.6 is 11.3 Å². The molecule has 1 aromatic carbocycles. The zero-order valence-electron chi connectivity index (χ0n) is 8.99. The lowest BCUT2D eigenvalue weighted by Gasteiger charge is -2.04. The van der Waals surface area contributed by atoms with Gasteiger partial charge in [-0.25, -0.2) is 4.98 Å². The Labute approximate surface area is 97.7 Å². The van der Waals surface area contributed by atoms with Crippen LogP contribution in [0.5, 0.6) is 0 Å². The Bertz CT molecular complexity index is 495. The van der Waals surface area contributed by atoms with Crippen molar-refractivity contribution >= 4 is 33.1 Å². The third-order valence-corrected chi connectivity index (χ3v) is 3.01. The average molecular weight is 235 g/mol. The number of carbonyl (C=O) groups is 1. The number of anilines is 1. The maximum absolute atomic E-state index is 11.5. The molecular formula is C11H13N3OS. The maximum atomic E-state index is 11.5. The van der Waals surface area contributed by atoms with E-state index >= 15 is 0 Å². The van der Waals surface area contributed by atoms with Crippen molar-refractivity contribution in [3.63, 3.8) is 0 Å². The van der Waals surface area contributed by atoms with Gasteiger partial charge in [-0.2, -0.15) is 0 Å². The zero-order valence-corrected chi connectivity index (χ0v) is 9.80. The summed E-state index contributed by atoms with van der Waals surface area (Å²) in [6.45, 7) is 0.689. The number of amides is 1. The smallest absolute Gasteiger partial charge is 0.225 e. The van der Waals surface area contributed by atoms with Crippen molar-refractivity contribution in [2.45, 2.75) is 6.42 Å². The lowest BCUT2D eigenvalue weighted by Crippen LogP contribution is -2.18. The highest BCUT2D eigenvalue weighted by molar-refractivity contribution is 7.16. The van der Waals surface area contributed by atoms with Crippen molar-refractivity contribution < 1.29 is 4.79 Å². The highest BCUT2D eigenvalue weighted by Crippen LogP contribution is 2.21. The van der Waals surface area contributed by atoms with Crippen LogP contribution in [0.15, 0.2) is 23.7 Å². The molecule has 0 atom stereocenters. The number of carbonyl (C=O) groups excluding carboxylic acids is 1. The lowest BCUT2D eigenvalue weighted by molar-refractivity contribution is -0.116. The Morgan fingerprint density at radius 3 is 3.19 bits per heavy atom. The van der Waals surface area contributed by atoms with Gasteiger partial charge in [0.2, 0.25) is 5.91 Å². The van der Waals surface area contributed by atoms with Gasteiger partial charge in [0.1, 0.15) is 0 Å². The molecule has 2 aromatic rings. The Balaban J connectivity index is 2.06. The number of hydrogen-bond donors (Lipinski definition) is 2. The number of hydrogen-bond acceptors (Lipinski definition) is 4. The molecule has 1 heterocycles. The molecule has 5 heteroatoms. The number of rotatable bonds is 4. The molecule has 1 amide bonds. The first-order valence-corrected chi connectivity index (χ1v) is 5.95. The van der Waals surface area contributed by atoms with Gasteiger partial charge in [-0.3, -0.25) is 4.79 Å².